The van der Waals surface area contributed by atoms with Crippen LogP contribution in [0.2, 0.25) is 0 Å². The topological polar surface area (TPSA) is 86.8 Å². The Bertz CT molecular complexity index is 1380. The highest BCUT2D eigenvalue weighted by atomic mass is 32.2. The third-order valence-electron chi connectivity index (χ3n) is 6.47. The zero-order valence-corrected chi connectivity index (χ0v) is 25.2. The van der Waals surface area contributed by atoms with Crippen molar-refractivity contribution in [1.82, 2.24) is 10.2 Å². The monoisotopic (exact) mass is 563 g/mol. The van der Waals surface area contributed by atoms with Crippen molar-refractivity contribution in [3.8, 4) is 0 Å². The van der Waals surface area contributed by atoms with Crippen LogP contribution in [-0.4, -0.2) is 49.8 Å². The van der Waals surface area contributed by atoms with Crippen molar-refractivity contribution >= 4 is 27.5 Å². The van der Waals surface area contributed by atoms with Crippen LogP contribution in [0.15, 0.2) is 83.8 Å². The van der Waals surface area contributed by atoms with Crippen LogP contribution < -0.4 is 9.62 Å². The van der Waals surface area contributed by atoms with Crippen molar-refractivity contribution in [2.45, 2.75) is 70.9 Å². The van der Waals surface area contributed by atoms with Gasteiger partial charge in [0.05, 0.1) is 10.6 Å². The molecule has 1 atom stereocenters. The summed E-state index contributed by atoms with van der Waals surface area (Å²) in [6, 6.07) is 22.6. The summed E-state index contributed by atoms with van der Waals surface area (Å²) in [7, 11) is -4.08. The van der Waals surface area contributed by atoms with Gasteiger partial charge in [0.1, 0.15) is 12.6 Å². The van der Waals surface area contributed by atoms with Crippen LogP contribution in [0.1, 0.15) is 50.8 Å². The Morgan fingerprint density at radius 3 is 1.95 bits per heavy atom. The minimum Gasteiger partial charge on any atom is -0.350 e. The second kappa shape index (κ2) is 13.1. The average Bonchev–Trinajstić information content (AvgIpc) is 2.88. The molecule has 0 aliphatic carbocycles. The van der Waals surface area contributed by atoms with Gasteiger partial charge in [-0.15, -0.1) is 0 Å². The SMILES string of the molecule is CC[C@@H](C(=O)NC(C)(C)C)N(CCc1ccccc1)C(=O)CN(c1cc(C)cc(C)c1)S(=O)(=O)c1ccccc1. The molecule has 40 heavy (non-hydrogen) atoms. The number of rotatable bonds is 11. The van der Waals surface area contributed by atoms with E-state index in [4.69, 9.17) is 0 Å². The summed E-state index contributed by atoms with van der Waals surface area (Å²) in [4.78, 5) is 29.1. The molecule has 0 radical (unpaired) electrons. The van der Waals surface area contributed by atoms with Crippen LogP contribution in [0, 0.1) is 13.8 Å². The van der Waals surface area contributed by atoms with Gasteiger partial charge in [0.2, 0.25) is 11.8 Å². The Kier molecular flexibility index (Phi) is 10.1. The molecule has 0 spiro atoms. The van der Waals surface area contributed by atoms with E-state index in [0.717, 1.165) is 21.0 Å². The number of carbonyl (C=O) groups excluding carboxylic acids is 2. The van der Waals surface area contributed by atoms with Gasteiger partial charge in [0.25, 0.3) is 10.0 Å². The van der Waals surface area contributed by atoms with E-state index in [1.54, 1.807) is 30.3 Å². The lowest BCUT2D eigenvalue weighted by Crippen LogP contribution is -2.56. The van der Waals surface area contributed by atoms with E-state index >= 15 is 0 Å². The van der Waals surface area contributed by atoms with Crippen LogP contribution in [0.5, 0.6) is 0 Å². The van der Waals surface area contributed by atoms with E-state index in [2.05, 4.69) is 5.32 Å². The van der Waals surface area contributed by atoms with E-state index in [-0.39, 0.29) is 17.3 Å². The van der Waals surface area contributed by atoms with Crippen molar-refractivity contribution in [3.63, 3.8) is 0 Å². The first-order valence-electron chi connectivity index (χ1n) is 13.6. The van der Waals surface area contributed by atoms with Gasteiger partial charge < -0.3 is 10.2 Å². The molecule has 0 saturated heterocycles. The lowest BCUT2D eigenvalue weighted by molar-refractivity contribution is -0.140. The van der Waals surface area contributed by atoms with Gasteiger partial charge >= 0.3 is 0 Å². The van der Waals surface area contributed by atoms with Gasteiger partial charge in [-0.3, -0.25) is 13.9 Å². The number of carbonyl (C=O) groups is 2. The second-order valence-corrected chi connectivity index (χ2v) is 13.0. The number of anilines is 1. The first kappa shape index (κ1) is 30.9. The van der Waals surface area contributed by atoms with Crippen molar-refractivity contribution in [3.05, 3.63) is 95.6 Å². The maximum atomic E-state index is 14.1. The molecule has 2 amide bonds. The smallest absolute Gasteiger partial charge is 0.264 e. The lowest BCUT2D eigenvalue weighted by atomic mass is 10.1. The summed E-state index contributed by atoms with van der Waals surface area (Å²) >= 11 is 0. The molecular weight excluding hydrogens is 522 g/mol. The number of hydrogen-bond donors (Lipinski definition) is 1. The molecule has 0 bridgehead atoms. The first-order chi connectivity index (χ1) is 18.8. The molecule has 0 fully saturated rings. The van der Waals surface area contributed by atoms with Crippen molar-refractivity contribution in [2.24, 2.45) is 0 Å². The number of nitrogens with zero attached hydrogens (tertiary/aromatic N) is 2. The predicted molar refractivity (Wildman–Crippen MR) is 161 cm³/mol. The highest BCUT2D eigenvalue weighted by Crippen LogP contribution is 2.26. The van der Waals surface area contributed by atoms with Gasteiger partial charge in [-0.25, -0.2) is 8.42 Å². The van der Waals surface area contributed by atoms with Gasteiger partial charge in [0.15, 0.2) is 0 Å². The van der Waals surface area contributed by atoms with Gasteiger partial charge in [0, 0.05) is 12.1 Å². The van der Waals surface area contributed by atoms with E-state index < -0.39 is 34.1 Å². The van der Waals surface area contributed by atoms with Crippen LogP contribution in [0.3, 0.4) is 0 Å². The average molecular weight is 564 g/mol. The van der Waals surface area contributed by atoms with E-state index in [0.29, 0.717) is 18.5 Å². The standard InChI is InChI=1S/C32H41N3O4S/c1-7-29(31(37)33-32(4,5)6)34(19-18-26-14-10-8-11-15-26)30(36)23-35(27-21-24(2)20-25(3)22-27)40(38,39)28-16-12-9-13-17-28/h8-17,20-22,29H,7,18-19,23H2,1-6H3,(H,33,37)/t29-/m0/s1. The lowest BCUT2D eigenvalue weighted by Gasteiger charge is -2.35. The van der Waals surface area contributed by atoms with Crippen LogP contribution >= 0.6 is 0 Å². The molecule has 0 aromatic heterocycles. The molecule has 214 valence electrons. The minimum atomic E-state index is -4.08. The molecule has 0 aliphatic heterocycles. The molecule has 8 heteroatoms. The summed E-state index contributed by atoms with van der Waals surface area (Å²) < 4.78 is 29.0. The fourth-order valence-corrected chi connectivity index (χ4v) is 6.11. The Morgan fingerprint density at radius 2 is 1.43 bits per heavy atom. The molecule has 3 rings (SSSR count). The fourth-order valence-electron chi connectivity index (χ4n) is 4.69. The van der Waals surface area contributed by atoms with Crippen LogP contribution in [-0.2, 0) is 26.0 Å². The van der Waals surface area contributed by atoms with Gasteiger partial charge in [-0.05, 0) is 88.4 Å². The largest absolute Gasteiger partial charge is 0.350 e. The maximum absolute atomic E-state index is 14.1. The van der Waals surface area contributed by atoms with E-state index in [1.807, 2.05) is 77.9 Å². The Morgan fingerprint density at radius 1 is 0.875 bits per heavy atom. The molecule has 0 aliphatic rings. The molecule has 3 aromatic carbocycles. The van der Waals surface area contributed by atoms with Crippen molar-refractivity contribution in [2.75, 3.05) is 17.4 Å². The van der Waals surface area contributed by atoms with E-state index in [9.17, 15) is 18.0 Å². The van der Waals surface area contributed by atoms with Crippen LogP contribution in [0.25, 0.3) is 0 Å². The molecular formula is C32H41N3O4S. The Hall–Kier alpha value is -3.65. The predicted octanol–water partition coefficient (Wildman–Crippen LogP) is 5.26. The molecule has 0 saturated carbocycles. The molecule has 0 heterocycles. The van der Waals surface area contributed by atoms with Crippen molar-refractivity contribution in [1.29, 1.82) is 0 Å². The Balaban J connectivity index is 2.04. The zero-order chi connectivity index (χ0) is 29.5. The third kappa shape index (κ3) is 8.18. The summed E-state index contributed by atoms with van der Waals surface area (Å²) in [6.45, 7) is 11.1. The maximum Gasteiger partial charge on any atom is 0.264 e. The number of aryl methyl sites for hydroxylation is 2. The highest BCUT2D eigenvalue weighted by molar-refractivity contribution is 7.92. The quantitative estimate of drug-likeness (QED) is 0.345. The fraction of sp³-hybridized carbons (Fsp3) is 0.375. The molecule has 7 nitrogen and oxygen atoms in total. The zero-order valence-electron chi connectivity index (χ0n) is 24.3. The summed E-state index contributed by atoms with van der Waals surface area (Å²) in [6.07, 6.45) is 0.915. The first-order valence-corrected chi connectivity index (χ1v) is 15.1. The second-order valence-electron chi connectivity index (χ2n) is 11.2. The number of hydrogen-bond acceptors (Lipinski definition) is 4. The van der Waals surface area contributed by atoms with E-state index in [1.165, 1.54) is 17.0 Å². The number of sulfonamides is 1. The van der Waals surface area contributed by atoms with Crippen molar-refractivity contribution < 1.29 is 18.0 Å². The number of amides is 2. The molecule has 0 unspecified atom stereocenters. The normalized spacial score (nSPS) is 12.4. The minimum absolute atomic E-state index is 0.0929. The number of nitrogens with one attached hydrogen (secondary N) is 1. The summed E-state index contributed by atoms with van der Waals surface area (Å²) in [5, 5.41) is 3.00. The molecule has 3 aromatic rings. The highest BCUT2D eigenvalue weighted by Gasteiger charge is 2.34. The number of benzene rings is 3. The van der Waals surface area contributed by atoms with Gasteiger partial charge in [-0.1, -0.05) is 61.5 Å². The van der Waals surface area contributed by atoms with Crippen LogP contribution in [0.4, 0.5) is 5.69 Å². The van der Waals surface area contributed by atoms with Gasteiger partial charge in [-0.2, -0.15) is 0 Å². The molecule has 1 N–H and O–H groups in total. The third-order valence-corrected chi connectivity index (χ3v) is 8.26. The summed E-state index contributed by atoms with van der Waals surface area (Å²) in [5.74, 6) is -0.703. The Labute approximate surface area is 239 Å². The summed E-state index contributed by atoms with van der Waals surface area (Å²) in [5.41, 5.74) is 2.71.